The van der Waals surface area contributed by atoms with E-state index in [1.807, 2.05) is 23.7 Å². The summed E-state index contributed by atoms with van der Waals surface area (Å²) in [6.45, 7) is 1.65. The molecule has 1 aromatic carbocycles. The van der Waals surface area contributed by atoms with Gasteiger partial charge in [-0.1, -0.05) is 0 Å². The molecule has 25 heavy (non-hydrogen) atoms. The van der Waals surface area contributed by atoms with E-state index < -0.39 is 0 Å². The number of rotatable bonds is 4. The fourth-order valence-corrected chi connectivity index (χ4v) is 3.29. The molecule has 0 spiro atoms. The van der Waals surface area contributed by atoms with E-state index in [-0.39, 0.29) is 11.9 Å². The second-order valence-electron chi connectivity index (χ2n) is 6.48. The van der Waals surface area contributed by atoms with Gasteiger partial charge in [-0.2, -0.15) is 9.61 Å². The summed E-state index contributed by atoms with van der Waals surface area (Å²) in [5.74, 6) is 0.699. The fourth-order valence-electron chi connectivity index (χ4n) is 3.29. The molecule has 0 N–H and O–H groups in total. The molecule has 0 aliphatic carbocycles. The molecule has 130 valence electrons. The molecule has 0 amide bonds. The van der Waals surface area contributed by atoms with Crippen molar-refractivity contribution in [2.45, 2.75) is 25.4 Å². The van der Waals surface area contributed by atoms with Crippen LogP contribution >= 0.6 is 0 Å². The second-order valence-corrected chi connectivity index (χ2v) is 6.48. The summed E-state index contributed by atoms with van der Waals surface area (Å²) in [4.78, 5) is 6.80. The van der Waals surface area contributed by atoms with E-state index in [1.54, 1.807) is 18.3 Å². The lowest BCUT2D eigenvalue weighted by molar-refractivity contribution is 0.0215. The minimum absolute atomic E-state index is 0.242. The molecule has 0 saturated carbocycles. The van der Waals surface area contributed by atoms with Crippen LogP contribution in [0.4, 0.5) is 10.2 Å². The molecule has 1 aliphatic rings. The van der Waals surface area contributed by atoms with Gasteiger partial charge in [0.1, 0.15) is 11.6 Å². The molecule has 5 nitrogen and oxygen atoms in total. The van der Waals surface area contributed by atoms with Crippen molar-refractivity contribution >= 4 is 11.5 Å². The van der Waals surface area contributed by atoms with Gasteiger partial charge in [-0.25, -0.2) is 9.37 Å². The maximum atomic E-state index is 13.2. The number of nitrogens with zero attached hydrogens (tertiary/aromatic N) is 4. The molecule has 0 radical (unpaired) electrons. The molecule has 6 heteroatoms. The number of ether oxygens (including phenoxy) is 1. The Balaban J connectivity index is 1.69. The summed E-state index contributed by atoms with van der Waals surface area (Å²) < 4.78 is 20.9. The van der Waals surface area contributed by atoms with Crippen LogP contribution < -0.4 is 4.90 Å². The number of hydrogen-bond acceptors (Lipinski definition) is 4. The van der Waals surface area contributed by atoms with E-state index in [9.17, 15) is 4.39 Å². The summed E-state index contributed by atoms with van der Waals surface area (Å²) in [5.41, 5.74) is 2.46. The van der Waals surface area contributed by atoms with Crippen molar-refractivity contribution in [3.05, 3.63) is 48.4 Å². The third-order valence-electron chi connectivity index (χ3n) is 4.62. The van der Waals surface area contributed by atoms with Crippen LogP contribution in [0.5, 0.6) is 0 Å². The lowest BCUT2D eigenvalue weighted by atomic mass is 10.1. The van der Waals surface area contributed by atoms with Crippen molar-refractivity contribution in [1.29, 1.82) is 0 Å². The van der Waals surface area contributed by atoms with Gasteiger partial charge in [0.2, 0.25) is 0 Å². The normalized spacial score (nSPS) is 17.8. The third-order valence-corrected chi connectivity index (χ3v) is 4.62. The first kappa shape index (κ1) is 16.0. The van der Waals surface area contributed by atoms with Crippen LogP contribution in [0.3, 0.4) is 0 Å². The Labute approximate surface area is 146 Å². The molecule has 4 rings (SSSR count). The van der Waals surface area contributed by atoms with Gasteiger partial charge in [0.15, 0.2) is 5.65 Å². The Morgan fingerprint density at radius 2 is 2.08 bits per heavy atom. The average Bonchev–Trinajstić information content (AvgIpc) is 3.11. The quantitative estimate of drug-likeness (QED) is 0.728. The topological polar surface area (TPSA) is 42.7 Å². The molecular formula is C19H21FN4O. The lowest BCUT2D eigenvalue weighted by Crippen LogP contribution is -2.34. The zero-order valence-corrected chi connectivity index (χ0v) is 14.2. The highest BCUT2D eigenvalue weighted by molar-refractivity contribution is 5.66. The number of anilines is 1. The Morgan fingerprint density at radius 3 is 2.84 bits per heavy atom. The molecule has 0 bridgehead atoms. The van der Waals surface area contributed by atoms with Crippen LogP contribution in [-0.4, -0.2) is 40.9 Å². The largest absolute Gasteiger partial charge is 0.376 e. The number of benzene rings is 1. The van der Waals surface area contributed by atoms with Gasteiger partial charge in [-0.05, 0) is 43.5 Å². The van der Waals surface area contributed by atoms with Gasteiger partial charge in [-0.3, -0.25) is 0 Å². The monoisotopic (exact) mass is 340 g/mol. The van der Waals surface area contributed by atoms with Gasteiger partial charge in [0.25, 0.3) is 0 Å². The molecular weight excluding hydrogens is 319 g/mol. The first-order valence-corrected chi connectivity index (χ1v) is 8.64. The number of aromatic nitrogens is 3. The smallest absolute Gasteiger partial charge is 0.157 e. The van der Waals surface area contributed by atoms with Gasteiger partial charge < -0.3 is 9.64 Å². The van der Waals surface area contributed by atoms with Gasteiger partial charge >= 0.3 is 0 Å². The molecule has 2 aromatic heterocycles. The predicted molar refractivity (Wildman–Crippen MR) is 95.2 cm³/mol. The summed E-state index contributed by atoms with van der Waals surface area (Å²) in [5, 5.41) is 4.39. The van der Waals surface area contributed by atoms with E-state index in [2.05, 4.69) is 15.0 Å². The molecule has 1 saturated heterocycles. The van der Waals surface area contributed by atoms with Gasteiger partial charge in [0, 0.05) is 37.9 Å². The summed E-state index contributed by atoms with van der Waals surface area (Å²) in [7, 11) is 2.04. The summed E-state index contributed by atoms with van der Waals surface area (Å²) in [6, 6.07) is 10.3. The zero-order valence-electron chi connectivity index (χ0n) is 14.2. The maximum Gasteiger partial charge on any atom is 0.157 e. The van der Waals surface area contributed by atoms with Crippen molar-refractivity contribution in [3.8, 4) is 11.3 Å². The summed E-state index contributed by atoms with van der Waals surface area (Å²) >= 11 is 0. The first-order chi connectivity index (χ1) is 12.2. The Kier molecular flexibility index (Phi) is 4.36. The van der Waals surface area contributed by atoms with E-state index in [0.29, 0.717) is 0 Å². The van der Waals surface area contributed by atoms with Crippen LogP contribution in [-0.2, 0) is 4.74 Å². The number of likely N-dealkylation sites (N-methyl/N-ethyl adjacent to an activating group) is 1. The molecule has 1 fully saturated rings. The number of fused-ring (bicyclic) bond motifs is 1. The van der Waals surface area contributed by atoms with Crippen LogP contribution in [0.2, 0.25) is 0 Å². The minimum Gasteiger partial charge on any atom is -0.376 e. The van der Waals surface area contributed by atoms with Crippen LogP contribution in [0.25, 0.3) is 16.9 Å². The Bertz CT molecular complexity index is 855. The molecule has 1 atom stereocenters. The Morgan fingerprint density at radius 1 is 1.24 bits per heavy atom. The predicted octanol–water partition coefficient (Wildman–Crippen LogP) is 3.54. The second kappa shape index (κ2) is 6.80. The first-order valence-electron chi connectivity index (χ1n) is 8.64. The Hall–Kier alpha value is -2.47. The maximum absolute atomic E-state index is 13.2. The van der Waals surface area contributed by atoms with E-state index >= 15 is 0 Å². The number of hydrogen-bond donors (Lipinski definition) is 0. The highest BCUT2D eigenvalue weighted by Crippen LogP contribution is 2.25. The SMILES string of the molecule is CN(C[C@H]1CCCCO1)c1cc(-c2ccc(F)cc2)nc2ccnn12. The highest BCUT2D eigenvalue weighted by atomic mass is 19.1. The van der Waals surface area contributed by atoms with Crippen LogP contribution in [0.15, 0.2) is 42.6 Å². The van der Waals surface area contributed by atoms with Crippen LogP contribution in [0, 0.1) is 5.82 Å². The van der Waals surface area contributed by atoms with Crippen molar-refractivity contribution in [2.75, 3.05) is 25.1 Å². The standard InChI is InChI=1S/C19H21FN4O/c1-23(13-16-4-2-3-11-25-16)19-12-17(14-5-7-15(20)8-6-14)22-18-9-10-21-24(18)19/h5-10,12,16H,2-4,11,13H2,1H3/t16-/m1/s1. The average molecular weight is 340 g/mol. The van der Waals surface area contributed by atoms with Gasteiger partial charge in [0.05, 0.1) is 18.0 Å². The van der Waals surface area contributed by atoms with Gasteiger partial charge in [-0.15, -0.1) is 0 Å². The summed E-state index contributed by atoms with van der Waals surface area (Å²) in [6.07, 6.45) is 5.43. The van der Waals surface area contributed by atoms with Crippen LogP contribution in [0.1, 0.15) is 19.3 Å². The fraction of sp³-hybridized carbons (Fsp3) is 0.368. The third kappa shape index (κ3) is 3.35. The lowest BCUT2D eigenvalue weighted by Gasteiger charge is -2.28. The highest BCUT2D eigenvalue weighted by Gasteiger charge is 2.18. The molecule has 0 unspecified atom stereocenters. The molecule has 1 aliphatic heterocycles. The van der Waals surface area contributed by atoms with Crippen molar-refractivity contribution < 1.29 is 9.13 Å². The van der Waals surface area contributed by atoms with Crippen molar-refractivity contribution in [2.24, 2.45) is 0 Å². The number of halogens is 1. The van der Waals surface area contributed by atoms with E-state index in [0.717, 1.165) is 48.7 Å². The molecule has 3 heterocycles. The van der Waals surface area contributed by atoms with E-state index in [4.69, 9.17) is 4.74 Å². The molecule has 3 aromatic rings. The minimum atomic E-state index is -0.249. The zero-order chi connectivity index (χ0) is 17.2. The van der Waals surface area contributed by atoms with E-state index in [1.165, 1.54) is 18.6 Å². The van der Waals surface area contributed by atoms with Crippen molar-refractivity contribution in [3.63, 3.8) is 0 Å². The van der Waals surface area contributed by atoms with Crippen molar-refractivity contribution in [1.82, 2.24) is 14.6 Å².